The van der Waals surface area contributed by atoms with Crippen molar-refractivity contribution in [3.63, 3.8) is 0 Å². The van der Waals surface area contributed by atoms with Gasteiger partial charge in [-0.2, -0.15) is 0 Å². The third-order valence-electron chi connectivity index (χ3n) is 3.08. The molecule has 1 aliphatic carbocycles. The number of hydrogen-bond donors (Lipinski definition) is 0. The number of benzene rings is 2. The summed E-state index contributed by atoms with van der Waals surface area (Å²) >= 11 is 3.56. The van der Waals surface area contributed by atoms with Crippen molar-refractivity contribution in [2.45, 2.75) is 5.92 Å². The van der Waals surface area contributed by atoms with Crippen LogP contribution in [0.1, 0.15) is 17.0 Å². The minimum Gasteiger partial charge on any atom is -0.302 e. The Balaban J connectivity index is 2.39. The summed E-state index contributed by atoms with van der Waals surface area (Å²) in [7, 11) is 0. The highest BCUT2D eigenvalue weighted by Gasteiger charge is 2.28. The van der Waals surface area contributed by atoms with Gasteiger partial charge in [-0.05, 0) is 22.8 Å². The van der Waals surface area contributed by atoms with Crippen molar-refractivity contribution in [1.82, 2.24) is 0 Å². The van der Waals surface area contributed by atoms with Crippen LogP contribution < -0.4 is 0 Å². The number of carbonyl (C=O) groups is 1. The van der Waals surface area contributed by atoms with Crippen LogP contribution in [0.25, 0.3) is 11.1 Å². The van der Waals surface area contributed by atoms with Crippen molar-refractivity contribution in [3.05, 3.63) is 58.1 Å². The first-order valence-electron chi connectivity index (χ1n) is 5.16. The fourth-order valence-electron chi connectivity index (χ4n) is 2.39. The predicted octanol–water partition coefficient (Wildman–Crippen LogP) is 3.76. The zero-order chi connectivity index (χ0) is 11.1. The molecule has 2 aromatic carbocycles. The van der Waals surface area contributed by atoms with Crippen molar-refractivity contribution < 1.29 is 4.79 Å². The summed E-state index contributed by atoms with van der Waals surface area (Å²) in [6.45, 7) is 0. The molecule has 0 bridgehead atoms. The lowest BCUT2D eigenvalue weighted by Gasteiger charge is -2.04. The summed E-state index contributed by atoms with van der Waals surface area (Å²) in [4.78, 5) is 11.2. The van der Waals surface area contributed by atoms with E-state index >= 15 is 0 Å². The van der Waals surface area contributed by atoms with E-state index in [2.05, 4.69) is 22.0 Å². The van der Waals surface area contributed by atoms with Gasteiger partial charge in [-0.1, -0.05) is 52.3 Å². The Morgan fingerprint density at radius 2 is 1.75 bits per heavy atom. The molecule has 0 aromatic heterocycles. The Morgan fingerprint density at radius 1 is 1.00 bits per heavy atom. The Morgan fingerprint density at radius 3 is 2.56 bits per heavy atom. The molecule has 1 unspecified atom stereocenters. The molecule has 0 spiro atoms. The second-order valence-corrected chi connectivity index (χ2v) is 4.76. The van der Waals surface area contributed by atoms with Crippen LogP contribution in [0.4, 0.5) is 0 Å². The van der Waals surface area contributed by atoms with Gasteiger partial charge in [0.15, 0.2) is 0 Å². The molecular formula is C14H9BrO. The minimum absolute atomic E-state index is 0.108. The molecule has 0 heterocycles. The third-order valence-corrected chi connectivity index (χ3v) is 3.74. The van der Waals surface area contributed by atoms with E-state index in [4.69, 9.17) is 0 Å². The first kappa shape index (κ1) is 9.79. The SMILES string of the molecule is O=CC1c2ccccc2-c2c(Br)cccc21. The van der Waals surface area contributed by atoms with Gasteiger partial charge in [-0.15, -0.1) is 0 Å². The zero-order valence-corrected chi connectivity index (χ0v) is 10.1. The van der Waals surface area contributed by atoms with E-state index < -0.39 is 0 Å². The number of rotatable bonds is 1. The first-order valence-corrected chi connectivity index (χ1v) is 5.95. The third kappa shape index (κ3) is 1.20. The second-order valence-electron chi connectivity index (χ2n) is 3.91. The maximum atomic E-state index is 11.2. The Kier molecular flexibility index (Phi) is 2.18. The van der Waals surface area contributed by atoms with Crippen LogP contribution in [-0.2, 0) is 4.79 Å². The molecule has 0 saturated carbocycles. The molecule has 0 N–H and O–H groups in total. The van der Waals surface area contributed by atoms with Gasteiger partial charge in [-0.25, -0.2) is 0 Å². The van der Waals surface area contributed by atoms with Crippen LogP contribution in [0.15, 0.2) is 46.9 Å². The number of fused-ring (bicyclic) bond motifs is 3. The molecule has 0 amide bonds. The molecule has 0 radical (unpaired) electrons. The van der Waals surface area contributed by atoms with Gasteiger partial charge in [0.2, 0.25) is 0 Å². The molecule has 1 nitrogen and oxygen atoms in total. The van der Waals surface area contributed by atoms with Gasteiger partial charge in [0.1, 0.15) is 6.29 Å². The van der Waals surface area contributed by atoms with E-state index in [1.54, 1.807) is 0 Å². The molecule has 0 fully saturated rings. The highest BCUT2D eigenvalue weighted by Crippen LogP contribution is 2.46. The van der Waals surface area contributed by atoms with Crippen LogP contribution in [0.3, 0.4) is 0 Å². The molecule has 2 aromatic rings. The maximum absolute atomic E-state index is 11.2. The molecule has 2 heteroatoms. The second kappa shape index (κ2) is 3.56. The molecular weight excluding hydrogens is 264 g/mol. The van der Waals surface area contributed by atoms with Gasteiger partial charge in [-0.3, -0.25) is 0 Å². The normalized spacial score (nSPS) is 16.7. The molecule has 78 valence electrons. The lowest BCUT2D eigenvalue weighted by molar-refractivity contribution is -0.108. The van der Waals surface area contributed by atoms with Crippen molar-refractivity contribution in [1.29, 1.82) is 0 Å². The molecule has 1 aliphatic rings. The highest BCUT2D eigenvalue weighted by atomic mass is 79.9. The van der Waals surface area contributed by atoms with Gasteiger partial charge < -0.3 is 4.79 Å². The average Bonchev–Trinajstić information content (AvgIpc) is 2.64. The summed E-state index contributed by atoms with van der Waals surface area (Å²) < 4.78 is 1.06. The summed E-state index contributed by atoms with van der Waals surface area (Å²) in [6, 6.07) is 14.1. The average molecular weight is 273 g/mol. The topological polar surface area (TPSA) is 17.1 Å². The van der Waals surface area contributed by atoms with E-state index in [0.29, 0.717) is 0 Å². The number of carbonyl (C=O) groups excluding carboxylic acids is 1. The Hall–Kier alpha value is -1.41. The molecule has 0 aliphatic heterocycles. The largest absolute Gasteiger partial charge is 0.302 e. The van der Waals surface area contributed by atoms with E-state index in [9.17, 15) is 4.79 Å². The van der Waals surface area contributed by atoms with Crippen molar-refractivity contribution in [2.24, 2.45) is 0 Å². The van der Waals surface area contributed by atoms with Crippen LogP contribution in [0.5, 0.6) is 0 Å². The quantitative estimate of drug-likeness (QED) is 0.723. The number of halogens is 1. The number of aldehydes is 1. The standard InChI is InChI=1S/C14H9BrO/c15-13-7-3-6-11-12(8-16)9-4-1-2-5-10(9)14(11)13/h1-8,12H. The first-order chi connectivity index (χ1) is 7.83. The van der Waals surface area contributed by atoms with Crippen LogP contribution in [0, 0.1) is 0 Å². The van der Waals surface area contributed by atoms with E-state index in [1.807, 2.05) is 36.4 Å². The summed E-state index contributed by atoms with van der Waals surface area (Å²) in [5.74, 6) is -0.108. The van der Waals surface area contributed by atoms with Gasteiger partial charge in [0.25, 0.3) is 0 Å². The molecule has 0 saturated heterocycles. The highest BCUT2D eigenvalue weighted by molar-refractivity contribution is 9.10. The fraction of sp³-hybridized carbons (Fsp3) is 0.0714. The number of hydrogen-bond acceptors (Lipinski definition) is 1. The zero-order valence-electron chi connectivity index (χ0n) is 8.48. The van der Waals surface area contributed by atoms with Gasteiger partial charge in [0.05, 0.1) is 5.92 Å². The van der Waals surface area contributed by atoms with Gasteiger partial charge >= 0.3 is 0 Å². The smallest absolute Gasteiger partial charge is 0.131 e. The van der Waals surface area contributed by atoms with E-state index in [-0.39, 0.29) is 5.92 Å². The van der Waals surface area contributed by atoms with Crippen LogP contribution in [-0.4, -0.2) is 6.29 Å². The molecule has 1 atom stereocenters. The lowest BCUT2D eigenvalue weighted by atomic mass is 9.99. The van der Waals surface area contributed by atoms with E-state index in [1.165, 1.54) is 5.56 Å². The minimum atomic E-state index is -0.108. The van der Waals surface area contributed by atoms with Crippen molar-refractivity contribution >= 4 is 22.2 Å². The molecule has 3 rings (SSSR count). The summed E-state index contributed by atoms with van der Waals surface area (Å²) in [6.07, 6.45) is 1.02. The van der Waals surface area contributed by atoms with E-state index in [0.717, 1.165) is 27.4 Å². The lowest BCUT2D eigenvalue weighted by Crippen LogP contribution is -1.96. The maximum Gasteiger partial charge on any atom is 0.131 e. The van der Waals surface area contributed by atoms with Gasteiger partial charge in [0, 0.05) is 10.0 Å². The Bertz CT molecular complexity index is 575. The summed E-state index contributed by atoms with van der Waals surface area (Å²) in [5, 5.41) is 0. The summed E-state index contributed by atoms with van der Waals surface area (Å²) in [5.41, 5.74) is 4.54. The molecule has 16 heavy (non-hydrogen) atoms. The Labute approximate surface area is 102 Å². The van der Waals surface area contributed by atoms with Crippen LogP contribution in [0.2, 0.25) is 0 Å². The van der Waals surface area contributed by atoms with Crippen LogP contribution >= 0.6 is 15.9 Å². The fourth-order valence-corrected chi connectivity index (χ4v) is 2.99. The predicted molar refractivity (Wildman–Crippen MR) is 67.5 cm³/mol. The van der Waals surface area contributed by atoms with Crippen molar-refractivity contribution in [3.8, 4) is 11.1 Å². The van der Waals surface area contributed by atoms with Crippen molar-refractivity contribution in [2.75, 3.05) is 0 Å². The monoisotopic (exact) mass is 272 g/mol.